The van der Waals surface area contributed by atoms with Crippen molar-refractivity contribution in [1.82, 2.24) is 29.4 Å². The van der Waals surface area contributed by atoms with Crippen molar-refractivity contribution >= 4 is 73.9 Å². The maximum absolute atomic E-state index is 13.1. The molecular weight excluding hydrogens is 1090 g/mol. The molecule has 4 aliphatic heterocycles. The monoisotopic (exact) mass is 1150 g/mol. The summed E-state index contributed by atoms with van der Waals surface area (Å²) in [6, 6.07) is 7.86. The third-order valence-electron chi connectivity index (χ3n) is 13.4. The van der Waals surface area contributed by atoms with Crippen LogP contribution >= 0.6 is 23.5 Å². The number of nitrogens with two attached hydrogens (primary N) is 1. The first-order valence-electron chi connectivity index (χ1n) is 24.4. The summed E-state index contributed by atoms with van der Waals surface area (Å²) >= 11 is 0. The van der Waals surface area contributed by atoms with Crippen molar-refractivity contribution < 1.29 is 83.9 Å². The van der Waals surface area contributed by atoms with Gasteiger partial charge in [-0.1, -0.05) is 12.8 Å². The van der Waals surface area contributed by atoms with Gasteiger partial charge in [-0.25, -0.2) is 28.2 Å². The van der Waals surface area contributed by atoms with E-state index in [0.29, 0.717) is 74.2 Å². The minimum absolute atomic E-state index is 0.0551. The number of hydrogen-bond acceptors (Lipinski definition) is 20. The van der Waals surface area contributed by atoms with Crippen molar-refractivity contribution in [3.63, 3.8) is 0 Å². The van der Waals surface area contributed by atoms with Gasteiger partial charge in [0.05, 0.1) is 18.4 Å². The van der Waals surface area contributed by atoms with Gasteiger partial charge < -0.3 is 60.5 Å². The Morgan fingerprint density at radius 2 is 1.72 bits per heavy atom. The Bertz CT molecular complexity index is 3340. The van der Waals surface area contributed by atoms with Crippen LogP contribution in [0.2, 0.25) is 0 Å². The quantitative estimate of drug-likeness (QED) is 0.0192. The SMILES string of the molecule is CC[N+]1=c2cc3c(cc2CCC1)=Nc1cc2c(cc1O3)N(CCCC(=O)NCCCCCCNc1nc3c(=O)[nH]c(N)nc3n1[C@@H]1O[C@H](COP(=O)(O)OP(=O)(O)OP(=O)(O)O)[C@@H](O)[C@H]1O)C(C)(C)CC2CS(=O)(=O)O. The molecule has 1 fully saturated rings. The molecule has 33 heteroatoms. The number of anilines is 3. The van der Waals surface area contributed by atoms with E-state index in [1.807, 2.05) is 32.0 Å². The molecule has 7 atom stereocenters. The van der Waals surface area contributed by atoms with Gasteiger partial charge >= 0.3 is 23.5 Å². The van der Waals surface area contributed by atoms with E-state index in [1.54, 1.807) is 0 Å². The zero-order valence-corrected chi connectivity index (χ0v) is 45.0. The number of nitrogens with one attached hydrogen (secondary N) is 3. The minimum atomic E-state index is -5.85. The second-order valence-electron chi connectivity index (χ2n) is 19.5. The predicted molar refractivity (Wildman–Crippen MR) is 271 cm³/mol. The van der Waals surface area contributed by atoms with Crippen LogP contribution in [0.15, 0.2) is 34.1 Å². The van der Waals surface area contributed by atoms with Crippen LogP contribution in [0.4, 0.5) is 23.3 Å². The summed E-state index contributed by atoms with van der Waals surface area (Å²) in [7, 11) is -21.5. The Labute approximate surface area is 434 Å². The van der Waals surface area contributed by atoms with Crippen LogP contribution in [-0.2, 0) is 52.9 Å². The summed E-state index contributed by atoms with van der Waals surface area (Å²) in [5, 5.41) is 29.7. The number of nitrogens with zero attached hydrogens (tertiary/aromatic N) is 6. The number of phosphoric ester groups is 1. The van der Waals surface area contributed by atoms with Crippen LogP contribution in [0.5, 0.6) is 11.5 Å². The van der Waals surface area contributed by atoms with Gasteiger partial charge in [-0.05, 0) is 70.6 Å². The molecular formula is C43H62N10O19P3S+. The molecule has 0 radical (unpaired) electrons. The van der Waals surface area contributed by atoms with E-state index in [1.165, 1.54) is 5.56 Å². The number of nitrogen functional groups attached to an aromatic ring is 1. The van der Waals surface area contributed by atoms with Crippen LogP contribution in [-0.4, -0.2) is 137 Å². The smallest absolute Gasteiger partial charge is 0.452 e. The maximum Gasteiger partial charge on any atom is 0.490 e. The van der Waals surface area contributed by atoms with Crippen molar-refractivity contribution in [1.29, 1.82) is 0 Å². The largest absolute Gasteiger partial charge is 0.490 e. The number of aromatic amines is 1. The van der Waals surface area contributed by atoms with Crippen molar-refractivity contribution in [2.24, 2.45) is 4.99 Å². The summed E-state index contributed by atoms with van der Waals surface area (Å²) in [4.78, 5) is 80.6. The van der Waals surface area contributed by atoms with Crippen LogP contribution in [0.25, 0.3) is 11.2 Å². The van der Waals surface area contributed by atoms with E-state index < -0.39 is 87.5 Å². The molecule has 76 heavy (non-hydrogen) atoms. The van der Waals surface area contributed by atoms with Gasteiger partial charge in [0, 0.05) is 61.2 Å². The average Bonchev–Trinajstić information content (AvgIpc) is 3.81. The molecule has 4 aliphatic rings. The topological polar surface area (TPSA) is 422 Å². The fourth-order valence-corrected chi connectivity index (χ4v) is 14.0. The van der Waals surface area contributed by atoms with Crippen molar-refractivity contribution in [2.45, 2.75) is 115 Å². The van der Waals surface area contributed by atoms with E-state index in [-0.39, 0.29) is 41.9 Å². The molecule has 0 aliphatic carbocycles. The third-order valence-corrected chi connectivity index (χ3v) is 18.0. The second kappa shape index (κ2) is 22.5. The lowest BCUT2D eigenvalue weighted by molar-refractivity contribution is -0.121. The van der Waals surface area contributed by atoms with Crippen LogP contribution in [0.1, 0.15) is 95.4 Å². The first-order valence-corrected chi connectivity index (χ1v) is 30.5. The number of amides is 1. The number of aromatic nitrogens is 4. The molecule has 2 aromatic heterocycles. The number of carbonyl (C=O) groups is 1. The fourth-order valence-electron chi connectivity index (χ4n) is 10.1. The van der Waals surface area contributed by atoms with Gasteiger partial charge in [0.15, 0.2) is 28.9 Å². The number of aliphatic hydroxyl groups is 2. The van der Waals surface area contributed by atoms with Gasteiger partial charge in [-0.15, -0.1) is 0 Å². The van der Waals surface area contributed by atoms with Crippen LogP contribution in [0.3, 0.4) is 0 Å². The van der Waals surface area contributed by atoms with E-state index in [0.717, 1.165) is 47.1 Å². The number of H-pyrrole nitrogens is 1. The molecule has 3 unspecified atom stereocenters. The number of unbranched alkanes of at least 4 members (excludes halogenated alkanes) is 3. The molecule has 418 valence electrons. The zero-order chi connectivity index (χ0) is 55.1. The highest BCUT2D eigenvalue weighted by atomic mass is 32.2. The number of aliphatic hydroxyl groups excluding tert-OH is 2. The Kier molecular flexibility index (Phi) is 17.0. The Hall–Kier alpha value is -4.74. The van der Waals surface area contributed by atoms with Crippen LogP contribution in [0, 0.1) is 0 Å². The minimum Gasteiger partial charge on any atom is -0.452 e. The molecule has 0 spiro atoms. The highest BCUT2D eigenvalue weighted by Crippen LogP contribution is 2.66. The number of rotatable bonds is 23. The molecule has 29 nitrogen and oxygen atoms in total. The van der Waals surface area contributed by atoms with Gasteiger partial charge in [0.1, 0.15) is 42.4 Å². The van der Waals surface area contributed by atoms with Crippen LogP contribution < -0.4 is 46.9 Å². The lowest BCUT2D eigenvalue weighted by Crippen LogP contribution is -2.50. The summed E-state index contributed by atoms with van der Waals surface area (Å²) in [5.74, 6) is -0.339. The predicted octanol–water partition coefficient (Wildman–Crippen LogP) is 1.71. The lowest BCUT2D eigenvalue weighted by Gasteiger charge is -2.48. The van der Waals surface area contributed by atoms with E-state index in [2.05, 4.69) is 61.2 Å². The first-order chi connectivity index (χ1) is 35.6. The molecule has 6 heterocycles. The van der Waals surface area contributed by atoms with Gasteiger partial charge in [0.25, 0.3) is 15.7 Å². The number of imidazole rings is 1. The van der Waals surface area contributed by atoms with Gasteiger partial charge in [-0.2, -0.15) is 22.0 Å². The Morgan fingerprint density at radius 3 is 2.43 bits per heavy atom. The summed E-state index contributed by atoms with van der Waals surface area (Å²) in [6.07, 6.45) is -1.27. The summed E-state index contributed by atoms with van der Waals surface area (Å²) < 4.78 is 97.2. The molecule has 4 aromatic rings. The van der Waals surface area contributed by atoms with E-state index in [9.17, 15) is 56.3 Å². The number of carbonyl (C=O) groups excluding carboxylic acids is 1. The summed E-state index contributed by atoms with van der Waals surface area (Å²) in [6.45, 7) is 8.00. The number of phosphoric acid groups is 3. The first kappa shape index (κ1) is 57.4. The normalized spacial score (nSPS) is 22.6. The highest BCUT2D eigenvalue weighted by Gasteiger charge is 2.48. The Balaban J connectivity index is 0.832. The number of ether oxygens (including phenoxy) is 2. The fraction of sp³-hybridized carbons (Fsp3) is 0.581. The average molecular weight is 1150 g/mol. The highest BCUT2D eigenvalue weighted by molar-refractivity contribution is 7.85. The van der Waals surface area contributed by atoms with Gasteiger partial charge in [-0.3, -0.25) is 28.2 Å². The number of benzene rings is 2. The van der Waals surface area contributed by atoms with Crippen molar-refractivity contribution in [3.8, 4) is 11.5 Å². The summed E-state index contributed by atoms with van der Waals surface area (Å²) in [5.41, 5.74) is 7.31. The zero-order valence-electron chi connectivity index (χ0n) is 41.5. The van der Waals surface area contributed by atoms with Crippen molar-refractivity contribution in [2.75, 3.05) is 61.0 Å². The molecule has 0 bridgehead atoms. The number of fused-ring (bicyclic) bond motifs is 5. The Morgan fingerprint density at radius 1 is 0.987 bits per heavy atom. The molecule has 2 aromatic carbocycles. The van der Waals surface area contributed by atoms with Gasteiger partial charge in [0.2, 0.25) is 23.2 Å². The number of aryl methyl sites for hydroxylation is 1. The number of hydrogen-bond donors (Lipinski definition) is 11. The molecule has 12 N–H and O–H groups in total. The molecule has 0 saturated carbocycles. The van der Waals surface area contributed by atoms with E-state index in [4.69, 9.17) is 30.0 Å². The molecule has 8 rings (SSSR count). The van der Waals surface area contributed by atoms with E-state index >= 15 is 0 Å². The maximum atomic E-state index is 13.1. The third kappa shape index (κ3) is 13.6. The molecule has 1 amide bonds. The standard InChI is InChI=1S/C43H61N10O19P3S/c1-4-51-15-9-11-24-17-27-31(19-29(24)51)69-32-20-30-26(18-28(32)47-27)25(23-76(65,66)67)21-43(2,3)52(30)16-10-12-34(54)45-13-7-5-6-8-14-46-42-48-35-38(49-41(44)50-39(35)57)53(42)40-37(56)36(55)33(70-40)22-68-74(61,62)72-75(63,64)71-73(58,59)60/h17-20,25,33,36-37,40,47,55-56H,4-16,21-23H2,1-3H3,(H8,44,45,50,54,57,58,59,60,61,62,63,64,65,66,67)/p+1/t25?,33-,36-,37-,40-/m1/s1. The second-order valence-corrected chi connectivity index (χ2v) is 25.4. The van der Waals surface area contributed by atoms with Crippen molar-refractivity contribution in [3.05, 3.63) is 56.5 Å². The lowest BCUT2D eigenvalue weighted by atomic mass is 9.79. The molecule has 1 saturated heterocycles.